The molecule has 0 fully saturated rings. The Kier molecular flexibility index (Phi) is 2.22. The van der Waals surface area contributed by atoms with Crippen molar-refractivity contribution < 1.29 is 0 Å². The van der Waals surface area contributed by atoms with Crippen LogP contribution >= 0.6 is 0 Å². The largest absolute Gasteiger partial charge is 0.355 e. The molecule has 86 valence electrons. The molecule has 1 aliphatic rings. The summed E-state index contributed by atoms with van der Waals surface area (Å²) >= 11 is 0. The molecular formula is C16H17N. The lowest BCUT2D eigenvalue weighted by molar-refractivity contribution is 1.13. The summed E-state index contributed by atoms with van der Waals surface area (Å²) < 4.78 is 0. The molecule has 2 aromatic rings. The lowest BCUT2D eigenvalue weighted by Gasteiger charge is -2.23. The third kappa shape index (κ3) is 1.72. The molecule has 0 aliphatic carbocycles. The Morgan fingerprint density at radius 3 is 2.35 bits per heavy atom. The molecule has 2 aromatic carbocycles. The average Bonchev–Trinajstić information content (AvgIpc) is 2.28. The highest BCUT2D eigenvalue weighted by atomic mass is 14.9. The summed E-state index contributed by atoms with van der Waals surface area (Å²) in [6, 6.07) is 11.2. The molecule has 0 radical (unpaired) electrons. The second-order valence-electron chi connectivity index (χ2n) is 5.06. The summed E-state index contributed by atoms with van der Waals surface area (Å²) in [6.07, 6.45) is 1.04. The number of fused-ring (bicyclic) bond motifs is 2. The first-order valence-corrected chi connectivity index (χ1v) is 6.10. The van der Waals surface area contributed by atoms with Gasteiger partial charge in [0.05, 0.1) is 0 Å². The van der Waals surface area contributed by atoms with Gasteiger partial charge in [-0.15, -0.1) is 0 Å². The first-order chi connectivity index (χ1) is 8.13. The Balaban J connectivity index is 2.11. The van der Waals surface area contributed by atoms with Crippen molar-refractivity contribution in [1.29, 1.82) is 0 Å². The highest BCUT2D eigenvalue weighted by molar-refractivity contribution is 5.73. The summed E-state index contributed by atoms with van der Waals surface area (Å²) in [6.45, 7) is 6.49. The molecule has 0 amide bonds. The molecular weight excluding hydrogens is 206 g/mol. The SMILES string of the molecule is Cc1ccc2c(c1)Nc1cc(C)c(C)cc1C2. The van der Waals surface area contributed by atoms with Crippen molar-refractivity contribution in [3.8, 4) is 0 Å². The van der Waals surface area contributed by atoms with Crippen molar-refractivity contribution in [3.05, 3.63) is 58.1 Å². The molecule has 1 aliphatic heterocycles. The first kappa shape index (κ1) is 10.4. The van der Waals surface area contributed by atoms with Gasteiger partial charge in [0.25, 0.3) is 0 Å². The summed E-state index contributed by atoms with van der Waals surface area (Å²) in [4.78, 5) is 0. The number of nitrogens with one attached hydrogen (secondary N) is 1. The Bertz CT molecular complexity index is 597. The maximum atomic E-state index is 3.55. The van der Waals surface area contributed by atoms with E-state index in [1.807, 2.05) is 0 Å². The summed E-state index contributed by atoms with van der Waals surface area (Å²) in [5.41, 5.74) is 9.37. The van der Waals surface area contributed by atoms with Crippen molar-refractivity contribution >= 4 is 11.4 Å². The Hall–Kier alpha value is -1.76. The fourth-order valence-electron chi connectivity index (χ4n) is 2.45. The van der Waals surface area contributed by atoms with Gasteiger partial charge in [-0.1, -0.05) is 18.2 Å². The maximum absolute atomic E-state index is 3.55. The van der Waals surface area contributed by atoms with E-state index in [1.165, 1.54) is 39.2 Å². The molecule has 0 aromatic heterocycles. The van der Waals surface area contributed by atoms with Crippen LogP contribution in [0.2, 0.25) is 0 Å². The minimum atomic E-state index is 1.04. The minimum Gasteiger partial charge on any atom is -0.355 e. The van der Waals surface area contributed by atoms with Crippen molar-refractivity contribution in [2.45, 2.75) is 27.2 Å². The van der Waals surface area contributed by atoms with E-state index < -0.39 is 0 Å². The van der Waals surface area contributed by atoms with Gasteiger partial charge in [-0.3, -0.25) is 0 Å². The number of anilines is 2. The van der Waals surface area contributed by atoms with Crippen LogP contribution < -0.4 is 5.32 Å². The second-order valence-corrected chi connectivity index (χ2v) is 5.06. The van der Waals surface area contributed by atoms with Gasteiger partial charge in [0.1, 0.15) is 0 Å². The van der Waals surface area contributed by atoms with Gasteiger partial charge >= 0.3 is 0 Å². The molecule has 1 nitrogen and oxygen atoms in total. The van der Waals surface area contributed by atoms with Crippen LogP contribution in [0.4, 0.5) is 11.4 Å². The predicted molar refractivity (Wildman–Crippen MR) is 73.2 cm³/mol. The molecule has 0 unspecified atom stereocenters. The normalized spacial score (nSPS) is 12.6. The molecule has 1 heteroatoms. The number of aryl methyl sites for hydroxylation is 3. The van der Waals surface area contributed by atoms with Crippen LogP contribution in [0.1, 0.15) is 27.8 Å². The zero-order chi connectivity index (χ0) is 12.0. The molecule has 0 saturated carbocycles. The Morgan fingerprint density at radius 1 is 0.824 bits per heavy atom. The molecule has 0 bridgehead atoms. The van der Waals surface area contributed by atoms with Gasteiger partial charge < -0.3 is 5.32 Å². The van der Waals surface area contributed by atoms with Gasteiger partial charge in [-0.2, -0.15) is 0 Å². The van der Waals surface area contributed by atoms with Gasteiger partial charge in [-0.25, -0.2) is 0 Å². The van der Waals surface area contributed by atoms with E-state index in [1.54, 1.807) is 0 Å². The summed E-state index contributed by atoms with van der Waals surface area (Å²) in [5.74, 6) is 0. The molecule has 0 spiro atoms. The predicted octanol–water partition coefficient (Wildman–Crippen LogP) is 4.26. The van der Waals surface area contributed by atoms with Crippen LogP contribution in [-0.2, 0) is 6.42 Å². The van der Waals surface area contributed by atoms with Gasteiger partial charge in [0.15, 0.2) is 0 Å². The highest BCUT2D eigenvalue weighted by Gasteiger charge is 2.15. The van der Waals surface area contributed by atoms with Crippen LogP contribution in [0.15, 0.2) is 30.3 Å². The van der Waals surface area contributed by atoms with E-state index in [2.05, 4.69) is 56.4 Å². The highest BCUT2D eigenvalue weighted by Crippen LogP contribution is 2.34. The van der Waals surface area contributed by atoms with Crippen molar-refractivity contribution in [3.63, 3.8) is 0 Å². The molecule has 3 rings (SSSR count). The van der Waals surface area contributed by atoms with Crippen molar-refractivity contribution in [1.82, 2.24) is 0 Å². The first-order valence-electron chi connectivity index (χ1n) is 6.10. The number of hydrogen-bond acceptors (Lipinski definition) is 1. The number of rotatable bonds is 0. The molecule has 0 atom stereocenters. The van der Waals surface area contributed by atoms with E-state index in [9.17, 15) is 0 Å². The number of benzene rings is 2. The fraction of sp³-hybridized carbons (Fsp3) is 0.250. The Morgan fingerprint density at radius 2 is 1.53 bits per heavy atom. The molecule has 1 N–H and O–H groups in total. The number of hydrogen-bond donors (Lipinski definition) is 1. The zero-order valence-corrected chi connectivity index (χ0v) is 10.6. The topological polar surface area (TPSA) is 12.0 Å². The molecule has 0 saturated heterocycles. The van der Waals surface area contributed by atoms with E-state index >= 15 is 0 Å². The third-order valence-electron chi connectivity index (χ3n) is 3.64. The van der Waals surface area contributed by atoms with Crippen LogP contribution in [0, 0.1) is 20.8 Å². The van der Waals surface area contributed by atoms with E-state index in [-0.39, 0.29) is 0 Å². The second kappa shape index (κ2) is 3.63. The van der Waals surface area contributed by atoms with Crippen LogP contribution in [0.3, 0.4) is 0 Å². The van der Waals surface area contributed by atoms with Crippen LogP contribution in [0.5, 0.6) is 0 Å². The van der Waals surface area contributed by atoms with Gasteiger partial charge in [0.2, 0.25) is 0 Å². The molecule has 1 heterocycles. The minimum absolute atomic E-state index is 1.04. The van der Waals surface area contributed by atoms with Crippen molar-refractivity contribution in [2.24, 2.45) is 0 Å². The fourth-order valence-corrected chi connectivity index (χ4v) is 2.45. The average molecular weight is 223 g/mol. The third-order valence-corrected chi connectivity index (χ3v) is 3.64. The standard InChI is InChI=1S/C16H17N/c1-10-4-5-13-9-14-7-11(2)12(3)8-16(14)17-15(13)6-10/h4-8,17H,9H2,1-3H3. The zero-order valence-electron chi connectivity index (χ0n) is 10.6. The smallest absolute Gasteiger partial charge is 0.0423 e. The lowest BCUT2D eigenvalue weighted by Crippen LogP contribution is -2.07. The summed E-state index contributed by atoms with van der Waals surface area (Å²) in [5, 5.41) is 3.55. The lowest BCUT2D eigenvalue weighted by atomic mass is 9.93. The van der Waals surface area contributed by atoms with E-state index in [4.69, 9.17) is 0 Å². The van der Waals surface area contributed by atoms with Gasteiger partial charge in [-0.05, 0) is 60.7 Å². The van der Waals surface area contributed by atoms with Crippen LogP contribution in [-0.4, -0.2) is 0 Å². The van der Waals surface area contributed by atoms with Crippen molar-refractivity contribution in [2.75, 3.05) is 5.32 Å². The van der Waals surface area contributed by atoms with E-state index in [0.717, 1.165) is 6.42 Å². The quantitative estimate of drug-likeness (QED) is 0.600. The van der Waals surface area contributed by atoms with E-state index in [0.29, 0.717) is 0 Å². The summed E-state index contributed by atoms with van der Waals surface area (Å²) in [7, 11) is 0. The van der Waals surface area contributed by atoms with Gasteiger partial charge in [0, 0.05) is 17.8 Å². The Labute approximate surface area is 102 Å². The molecule has 17 heavy (non-hydrogen) atoms. The van der Waals surface area contributed by atoms with Crippen LogP contribution in [0.25, 0.3) is 0 Å². The maximum Gasteiger partial charge on any atom is 0.0423 e. The monoisotopic (exact) mass is 223 g/mol.